The average Bonchev–Trinajstić information content (AvgIpc) is 2.80. The molecule has 0 bridgehead atoms. The van der Waals surface area contributed by atoms with Gasteiger partial charge in [-0.1, -0.05) is 6.07 Å². The molecule has 0 saturated heterocycles. The summed E-state index contributed by atoms with van der Waals surface area (Å²) in [7, 11) is 0. The Hall–Kier alpha value is -1.04. The molecule has 0 aliphatic carbocycles. The number of hydrogen-bond donors (Lipinski definition) is 1. The van der Waals surface area contributed by atoms with Crippen molar-refractivity contribution < 1.29 is 13.2 Å². The molecule has 6 heteroatoms. The summed E-state index contributed by atoms with van der Waals surface area (Å²) >= 11 is 1.41. The van der Waals surface area contributed by atoms with Crippen LogP contribution in [0.25, 0.3) is 10.4 Å². The third-order valence-electron chi connectivity index (χ3n) is 2.36. The molecule has 98 valence electrons. The SMILES string of the molecule is Cl.NCc1cc(-c2cccs2)cc(C(F)(F)F)c1. The first-order chi connectivity index (χ1) is 8.00. The van der Waals surface area contributed by atoms with Crippen molar-refractivity contribution in [1.82, 2.24) is 0 Å². The van der Waals surface area contributed by atoms with Gasteiger partial charge in [0, 0.05) is 11.4 Å². The maximum absolute atomic E-state index is 12.7. The standard InChI is InChI=1S/C12H10F3NS.ClH/c13-12(14,15)10-5-8(7-16)4-9(6-10)11-2-1-3-17-11;/h1-6H,7,16H2;1H. The molecular weight excluding hydrogens is 283 g/mol. The lowest BCUT2D eigenvalue weighted by atomic mass is 10.0. The first kappa shape index (κ1) is 15.0. The van der Waals surface area contributed by atoms with E-state index in [4.69, 9.17) is 5.73 Å². The molecule has 18 heavy (non-hydrogen) atoms. The second-order valence-electron chi connectivity index (χ2n) is 3.60. The molecule has 2 rings (SSSR count). The van der Waals surface area contributed by atoms with Gasteiger partial charge in [0.2, 0.25) is 0 Å². The quantitative estimate of drug-likeness (QED) is 0.877. The van der Waals surface area contributed by atoms with Crippen molar-refractivity contribution in [2.75, 3.05) is 0 Å². The van der Waals surface area contributed by atoms with Crippen LogP contribution in [-0.4, -0.2) is 0 Å². The predicted molar refractivity (Wildman–Crippen MR) is 69.9 cm³/mol. The molecule has 0 unspecified atom stereocenters. The monoisotopic (exact) mass is 293 g/mol. The molecular formula is C12H11ClF3NS. The van der Waals surface area contributed by atoms with Crippen LogP contribution in [0.15, 0.2) is 35.7 Å². The maximum atomic E-state index is 12.7. The molecule has 1 aromatic carbocycles. The lowest BCUT2D eigenvalue weighted by Gasteiger charge is -2.10. The highest BCUT2D eigenvalue weighted by atomic mass is 35.5. The van der Waals surface area contributed by atoms with Crippen LogP contribution in [0, 0.1) is 0 Å². The minimum Gasteiger partial charge on any atom is -0.326 e. The van der Waals surface area contributed by atoms with E-state index in [-0.39, 0.29) is 19.0 Å². The van der Waals surface area contributed by atoms with E-state index in [0.717, 1.165) is 17.0 Å². The highest BCUT2D eigenvalue weighted by molar-refractivity contribution is 7.13. The van der Waals surface area contributed by atoms with Gasteiger partial charge >= 0.3 is 6.18 Å². The van der Waals surface area contributed by atoms with Crippen LogP contribution in [0.5, 0.6) is 0 Å². The molecule has 1 aromatic heterocycles. The fourth-order valence-electron chi connectivity index (χ4n) is 1.56. The van der Waals surface area contributed by atoms with Gasteiger partial charge in [0.05, 0.1) is 5.56 Å². The molecule has 0 radical (unpaired) electrons. The third-order valence-corrected chi connectivity index (χ3v) is 3.28. The van der Waals surface area contributed by atoms with E-state index in [1.165, 1.54) is 11.3 Å². The van der Waals surface area contributed by atoms with Crippen molar-refractivity contribution in [1.29, 1.82) is 0 Å². The molecule has 2 N–H and O–H groups in total. The smallest absolute Gasteiger partial charge is 0.326 e. The Bertz CT molecular complexity index is 509. The number of rotatable bonds is 2. The Labute approximate surface area is 113 Å². The lowest BCUT2D eigenvalue weighted by Crippen LogP contribution is -2.07. The van der Waals surface area contributed by atoms with E-state index in [2.05, 4.69) is 0 Å². The number of hydrogen-bond acceptors (Lipinski definition) is 2. The van der Waals surface area contributed by atoms with Gasteiger partial charge in [-0.15, -0.1) is 23.7 Å². The van der Waals surface area contributed by atoms with Crippen molar-refractivity contribution >= 4 is 23.7 Å². The molecule has 0 aliphatic heterocycles. The summed E-state index contributed by atoms with van der Waals surface area (Å²) in [5.41, 5.74) is 5.83. The summed E-state index contributed by atoms with van der Waals surface area (Å²) in [5, 5.41) is 1.83. The Morgan fingerprint density at radius 1 is 1.17 bits per heavy atom. The van der Waals surface area contributed by atoms with Crippen LogP contribution in [0.4, 0.5) is 13.2 Å². The molecule has 1 heterocycles. The van der Waals surface area contributed by atoms with Crippen molar-refractivity contribution in [3.63, 3.8) is 0 Å². The van der Waals surface area contributed by atoms with Gasteiger partial charge in [-0.3, -0.25) is 0 Å². The van der Waals surface area contributed by atoms with Crippen LogP contribution < -0.4 is 5.73 Å². The Morgan fingerprint density at radius 3 is 2.39 bits per heavy atom. The van der Waals surface area contributed by atoms with Gasteiger partial charge in [-0.05, 0) is 40.8 Å². The van der Waals surface area contributed by atoms with Crippen molar-refractivity contribution in [3.8, 4) is 10.4 Å². The van der Waals surface area contributed by atoms with E-state index in [9.17, 15) is 13.2 Å². The number of alkyl halides is 3. The predicted octanol–water partition coefficient (Wildman–Crippen LogP) is 4.31. The van der Waals surface area contributed by atoms with E-state index >= 15 is 0 Å². The molecule has 0 spiro atoms. The summed E-state index contributed by atoms with van der Waals surface area (Å²) < 4.78 is 38.1. The van der Waals surface area contributed by atoms with Crippen LogP contribution >= 0.6 is 23.7 Å². The fourth-order valence-corrected chi connectivity index (χ4v) is 2.27. The topological polar surface area (TPSA) is 26.0 Å². The summed E-state index contributed by atoms with van der Waals surface area (Å²) in [6, 6.07) is 7.55. The largest absolute Gasteiger partial charge is 0.416 e. The zero-order chi connectivity index (χ0) is 12.5. The number of benzene rings is 1. The van der Waals surface area contributed by atoms with Crippen molar-refractivity contribution in [2.45, 2.75) is 12.7 Å². The van der Waals surface area contributed by atoms with Crippen LogP contribution in [0.2, 0.25) is 0 Å². The molecule has 0 fully saturated rings. The molecule has 0 atom stereocenters. The molecule has 0 saturated carbocycles. The fraction of sp³-hybridized carbons (Fsp3) is 0.167. The van der Waals surface area contributed by atoms with E-state index in [1.54, 1.807) is 12.1 Å². The summed E-state index contributed by atoms with van der Waals surface area (Å²) in [5.74, 6) is 0. The first-order valence-corrected chi connectivity index (χ1v) is 5.84. The zero-order valence-electron chi connectivity index (χ0n) is 9.20. The van der Waals surface area contributed by atoms with E-state index in [0.29, 0.717) is 11.1 Å². The normalized spacial score (nSPS) is 11.1. The summed E-state index contributed by atoms with van der Waals surface area (Å²) in [6.07, 6.45) is -4.34. The van der Waals surface area contributed by atoms with Crippen molar-refractivity contribution in [2.24, 2.45) is 5.73 Å². The van der Waals surface area contributed by atoms with Gasteiger partial charge in [-0.25, -0.2) is 0 Å². The average molecular weight is 294 g/mol. The minimum atomic E-state index is -4.34. The van der Waals surface area contributed by atoms with Gasteiger partial charge in [-0.2, -0.15) is 13.2 Å². The van der Waals surface area contributed by atoms with E-state index < -0.39 is 11.7 Å². The Balaban J connectivity index is 0.00000162. The molecule has 2 aromatic rings. The van der Waals surface area contributed by atoms with Crippen LogP contribution in [0.1, 0.15) is 11.1 Å². The lowest BCUT2D eigenvalue weighted by molar-refractivity contribution is -0.137. The summed E-state index contributed by atoms with van der Waals surface area (Å²) in [6.45, 7) is 0.0995. The Morgan fingerprint density at radius 2 is 1.89 bits per heavy atom. The van der Waals surface area contributed by atoms with Crippen molar-refractivity contribution in [3.05, 3.63) is 46.8 Å². The number of halogens is 4. The highest BCUT2D eigenvalue weighted by Crippen LogP contribution is 2.34. The third kappa shape index (κ3) is 3.25. The van der Waals surface area contributed by atoms with Gasteiger partial charge < -0.3 is 5.73 Å². The van der Waals surface area contributed by atoms with Crippen LogP contribution in [0.3, 0.4) is 0 Å². The minimum absolute atomic E-state index is 0. The van der Waals surface area contributed by atoms with Gasteiger partial charge in [0.1, 0.15) is 0 Å². The second kappa shape index (κ2) is 5.73. The first-order valence-electron chi connectivity index (χ1n) is 4.96. The highest BCUT2D eigenvalue weighted by Gasteiger charge is 2.31. The van der Waals surface area contributed by atoms with Gasteiger partial charge in [0.15, 0.2) is 0 Å². The number of nitrogens with two attached hydrogens (primary N) is 1. The zero-order valence-corrected chi connectivity index (χ0v) is 10.8. The second-order valence-corrected chi connectivity index (χ2v) is 4.55. The molecule has 1 nitrogen and oxygen atoms in total. The van der Waals surface area contributed by atoms with E-state index in [1.807, 2.05) is 11.4 Å². The maximum Gasteiger partial charge on any atom is 0.416 e. The van der Waals surface area contributed by atoms with Gasteiger partial charge in [0.25, 0.3) is 0 Å². The Kier molecular flexibility index (Phi) is 4.78. The summed E-state index contributed by atoms with van der Waals surface area (Å²) in [4.78, 5) is 0.811. The molecule has 0 amide bonds. The van der Waals surface area contributed by atoms with Crippen LogP contribution in [-0.2, 0) is 12.7 Å². The molecule has 0 aliphatic rings. The number of thiophene rings is 1.